The van der Waals surface area contributed by atoms with Gasteiger partial charge in [0.25, 0.3) is 5.91 Å². The van der Waals surface area contributed by atoms with E-state index in [0.29, 0.717) is 37.7 Å². The van der Waals surface area contributed by atoms with Gasteiger partial charge in [-0.2, -0.15) is 4.31 Å². The molecule has 0 unspecified atom stereocenters. The number of ether oxygens (including phenoxy) is 1. The van der Waals surface area contributed by atoms with Crippen molar-refractivity contribution in [3.05, 3.63) is 29.3 Å². The molecule has 0 aliphatic carbocycles. The molecule has 2 aliphatic heterocycles. The first kappa shape index (κ1) is 17.4. The number of carbonyl (C=O) groups is 1. The van der Waals surface area contributed by atoms with Crippen LogP contribution in [-0.2, 0) is 19.6 Å². The van der Waals surface area contributed by atoms with Gasteiger partial charge in [-0.05, 0) is 49.9 Å². The molecule has 0 spiro atoms. The fourth-order valence-electron chi connectivity index (χ4n) is 3.15. The van der Waals surface area contributed by atoms with Crippen LogP contribution in [0.1, 0.15) is 24.0 Å². The van der Waals surface area contributed by atoms with E-state index in [9.17, 15) is 13.2 Å². The third-order valence-corrected chi connectivity index (χ3v) is 6.77. The average Bonchev–Trinajstić information content (AvgIpc) is 3.11. The van der Waals surface area contributed by atoms with E-state index < -0.39 is 10.0 Å². The molecule has 1 atom stereocenters. The normalized spacial score (nSPS) is 22.8. The van der Waals surface area contributed by atoms with E-state index >= 15 is 0 Å². The molecule has 132 valence electrons. The highest BCUT2D eigenvalue weighted by atomic mass is 32.2. The van der Waals surface area contributed by atoms with Crippen molar-refractivity contribution in [1.82, 2.24) is 9.21 Å². The van der Waals surface area contributed by atoms with E-state index in [1.807, 2.05) is 19.9 Å². The Balaban J connectivity index is 1.67. The highest BCUT2D eigenvalue weighted by Gasteiger charge is 2.34. The zero-order chi connectivity index (χ0) is 17.3. The summed E-state index contributed by atoms with van der Waals surface area (Å²) >= 11 is 0. The number of amides is 1. The third-order valence-electron chi connectivity index (χ3n) is 4.87. The number of rotatable bonds is 3. The zero-order valence-electron chi connectivity index (χ0n) is 14.2. The summed E-state index contributed by atoms with van der Waals surface area (Å²) in [5.74, 6) is -0.00396. The molecule has 0 aromatic heterocycles. The van der Waals surface area contributed by atoms with Crippen molar-refractivity contribution in [1.29, 1.82) is 0 Å². The number of hydrogen-bond donors (Lipinski definition) is 0. The summed E-state index contributed by atoms with van der Waals surface area (Å²) in [6.07, 6.45) is 1.34. The number of sulfonamides is 1. The molecule has 1 amide bonds. The van der Waals surface area contributed by atoms with Gasteiger partial charge in [0.15, 0.2) is 0 Å². The van der Waals surface area contributed by atoms with Crippen molar-refractivity contribution in [3.8, 4) is 0 Å². The molecule has 0 saturated carbocycles. The standard InChI is InChI=1S/C17H24N2O4S/c1-13-5-6-15(12-14(13)2)24(21,22)19-9-7-18(8-10-19)17(20)16-4-3-11-23-16/h5-6,12,16H,3-4,7-11H2,1-2H3/t16-/m1/s1. The predicted octanol–water partition coefficient (Wildman–Crippen LogP) is 1.32. The second-order valence-corrected chi connectivity index (χ2v) is 8.42. The topological polar surface area (TPSA) is 66.9 Å². The van der Waals surface area contributed by atoms with Crippen LogP contribution in [-0.4, -0.2) is 62.4 Å². The van der Waals surface area contributed by atoms with Crippen LogP contribution in [0, 0.1) is 13.8 Å². The Bertz CT molecular complexity index is 718. The van der Waals surface area contributed by atoms with Gasteiger partial charge in [0.2, 0.25) is 10.0 Å². The van der Waals surface area contributed by atoms with Crippen LogP contribution < -0.4 is 0 Å². The minimum atomic E-state index is -3.51. The number of hydrogen-bond acceptors (Lipinski definition) is 4. The highest BCUT2D eigenvalue weighted by molar-refractivity contribution is 7.89. The number of aryl methyl sites for hydroxylation is 2. The van der Waals surface area contributed by atoms with Gasteiger partial charge < -0.3 is 9.64 Å². The van der Waals surface area contributed by atoms with E-state index in [-0.39, 0.29) is 12.0 Å². The zero-order valence-corrected chi connectivity index (χ0v) is 15.0. The Labute approximate surface area is 143 Å². The minimum absolute atomic E-state index is 0.00396. The van der Waals surface area contributed by atoms with Crippen LogP contribution in [0.5, 0.6) is 0 Å². The van der Waals surface area contributed by atoms with E-state index in [4.69, 9.17) is 4.74 Å². The summed E-state index contributed by atoms with van der Waals surface area (Å²) in [7, 11) is -3.51. The van der Waals surface area contributed by atoms with Gasteiger partial charge in [0, 0.05) is 32.8 Å². The molecule has 2 heterocycles. The maximum Gasteiger partial charge on any atom is 0.251 e. The lowest BCUT2D eigenvalue weighted by Gasteiger charge is -2.35. The lowest BCUT2D eigenvalue weighted by atomic mass is 10.1. The van der Waals surface area contributed by atoms with Crippen LogP contribution in [0.4, 0.5) is 0 Å². The first-order chi connectivity index (χ1) is 11.4. The molecule has 2 saturated heterocycles. The molecule has 2 aliphatic rings. The van der Waals surface area contributed by atoms with Crippen LogP contribution in [0.25, 0.3) is 0 Å². The summed E-state index contributed by atoms with van der Waals surface area (Å²) in [5, 5.41) is 0. The minimum Gasteiger partial charge on any atom is -0.368 e. The molecule has 0 radical (unpaired) electrons. The molecule has 0 N–H and O–H groups in total. The highest BCUT2D eigenvalue weighted by Crippen LogP contribution is 2.21. The van der Waals surface area contributed by atoms with E-state index in [0.717, 1.165) is 24.0 Å². The summed E-state index contributed by atoms with van der Waals surface area (Å²) in [6.45, 7) is 6.00. The van der Waals surface area contributed by atoms with E-state index in [2.05, 4.69) is 0 Å². The predicted molar refractivity (Wildman–Crippen MR) is 90.2 cm³/mol. The van der Waals surface area contributed by atoms with Crippen molar-refractivity contribution in [2.24, 2.45) is 0 Å². The first-order valence-corrected chi connectivity index (χ1v) is 9.81. The number of carbonyl (C=O) groups excluding carboxylic acids is 1. The van der Waals surface area contributed by atoms with Crippen LogP contribution in [0.15, 0.2) is 23.1 Å². The summed E-state index contributed by atoms with van der Waals surface area (Å²) in [4.78, 5) is 14.4. The lowest BCUT2D eigenvalue weighted by Crippen LogP contribution is -2.52. The summed E-state index contributed by atoms with van der Waals surface area (Å²) in [6, 6.07) is 5.20. The van der Waals surface area contributed by atoms with Crippen molar-refractivity contribution in [3.63, 3.8) is 0 Å². The maximum atomic E-state index is 12.8. The van der Waals surface area contributed by atoms with Crippen molar-refractivity contribution in [2.45, 2.75) is 37.7 Å². The number of piperazine rings is 1. The second kappa shape index (κ2) is 6.82. The third kappa shape index (κ3) is 3.34. The fraction of sp³-hybridized carbons (Fsp3) is 0.588. The van der Waals surface area contributed by atoms with Crippen LogP contribution in [0.3, 0.4) is 0 Å². The van der Waals surface area contributed by atoms with Crippen molar-refractivity contribution < 1.29 is 17.9 Å². The molecular formula is C17H24N2O4S. The van der Waals surface area contributed by atoms with Crippen LogP contribution >= 0.6 is 0 Å². The van der Waals surface area contributed by atoms with Gasteiger partial charge in [-0.3, -0.25) is 4.79 Å². The van der Waals surface area contributed by atoms with Gasteiger partial charge in [0.05, 0.1) is 4.90 Å². The Morgan fingerprint density at radius 2 is 1.83 bits per heavy atom. The SMILES string of the molecule is Cc1ccc(S(=O)(=O)N2CCN(C(=O)[C@H]3CCCO3)CC2)cc1C. The van der Waals surface area contributed by atoms with Crippen molar-refractivity contribution in [2.75, 3.05) is 32.8 Å². The van der Waals surface area contributed by atoms with Gasteiger partial charge in [-0.1, -0.05) is 6.07 Å². The van der Waals surface area contributed by atoms with E-state index in [1.54, 1.807) is 17.0 Å². The van der Waals surface area contributed by atoms with Crippen LogP contribution in [0.2, 0.25) is 0 Å². The summed E-state index contributed by atoms with van der Waals surface area (Å²) in [5.41, 5.74) is 2.03. The number of benzene rings is 1. The Hall–Kier alpha value is -1.44. The molecule has 1 aromatic rings. The second-order valence-electron chi connectivity index (χ2n) is 6.48. The molecule has 2 fully saturated rings. The summed E-state index contributed by atoms with van der Waals surface area (Å²) < 4.78 is 32.5. The Morgan fingerprint density at radius 3 is 2.42 bits per heavy atom. The van der Waals surface area contributed by atoms with Gasteiger partial charge >= 0.3 is 0 Å². The lowest BCUT2D eigenvalue weighted by molar-refractivity contribution is -0.142. The quantitative estimate of drug-likeness (QED) is 0.823. The largest absolute Gasteiger partial charge is 0.368 e. The Morgan fingerprint density at radius 1 is 1.12 bits per heavy atom. The fourth-order valence-corrected chi connectivity index (χ4v) is 4.66. The van der Waals surface area contributed by atoms with Gasteiger partial charge in [-0.15, -0.1) is 0 Å². The maximum absolute atomic E-state index is 12.8. The molecule has 1 aromatic carbocycles. The molecule has 7 heteroatoms. The number of nitrogens with zero attached hydrogens (tertiary/aromatic N) is 2. The molecular weight excluding hydrogens is 328 g/mol. The van der Waals surface area contributed by atoms with E-state index in [1.165, 1.54) is 4.31 Å². The van der Waals surface area contributed by atoms with Gasteiger partial charge in [-0.25, -0.2) is 8.42 Å². The molecule has 24 heavy (non-hydrogen) atoms. The molecule has 3 rings (SSSR count). The first-order valence-electron chi connectivity index (χ1n) is 8.37. The average molecular weight is 352 g/mol. The van der Waals surface area contributed by atoms with Crippen molar-refractivity contribution >= 4 is 15.9 Å². The monoisotopic (exact) mass is 352 g/mol. The molecule has 6 nitrogen and oxygen atoms in total. The molecule has 0 bridgehead atoms. The smallest absolute Gasteiger partial charge is 0.251 e. The Kier molecular flexibility index (Phi) is 4.94. The van der Waals surface area contributed by atoms with Gasteiger partial charge in [0.1, 0.15) is 6.10 Å².